The number of hydrogen-bond acceptors (Lipinski definition) is 4. The van der Waals surface area contributed by atoms with E-state index in [1.54, 1.807) is 0 Å². The molecule has 4 heteroatoms. The number of hydrogen-bond donors (Lipinski definition) is 2. The van der Waals surface area contributed by atoms with Crippen LogP contribution in [0.15, 0.2) is 88.0 Å². The predicted octanol–water partition coefficient (Wildman–Crippen LogP) is 5.91. The van der Waals surface area contributed by atoms with E-state index in [0.717, 1.165) is 49.5 Å². The highest BCUT2D eigenvalue weighted by atomic mass is 16.5. The summed E-state index contributed by atoms with van der Waals surface area (Å²) in [6, 6.07) is 0. The Balaban J connectivity index is 2.17. The van der Waals surface area contributed by atoms with Crippen LogP contribution in [-0.4, -0.2) is 31.4 Å². The molecule has 0 aromatic rings. The first-order chi connectivity index (χ1) is 15.1. The second kappa shape index (κ2) is 13.7. The van der Waals surface area contributed by atoms with Crippen molar-refractivity contribution < 1.29 is 4.74 Å². The average molecular weight is 422 g/mol. The third kappa shape index (κ3) is 8.22. The summed E-state index contributed by atoms with van der Waals surface area (Å²) in [6.45, 7) is 13.1. The van der Waals surface area contributed by atoms with Gasteiger partial charge >= 0.3 is 0 Å². The lowest BCUT2D eigenvalue weighted by Gasteiger charge is -2.20. The minimum atomic E-state index is 0.216. The Labute approximate surface area is 188 Å². The van der Waals surface area contributed by atoms with E-state index < -0.39 is 0 Å². The summed E-state index contributed by atoms with van der Waals surface area (Å²) in [5.41, 5.74) is 5.72. The molecule has 31 heavy (non-hydrogen) atoms. The lowest BCUT2D eigenvalue weighted by Crippen LogP contribution is -2.23. The molecule has 0 bridgehead atoms. The van der Waals surface area contributed by atoms with Crippen LogP contribution in [-0.2, 0) is 4.74 Å². The van der Waals surface area contributed by atoms with Gasteiger partial charge in [0.1, 0.15) is 11.9 Å². The molecule has 2 N–H and O–H groups in total. The first-order valence-corrected chi connectivity index (χ1v) is 11.5. The Hall–Kier alpha value is -2.59. The number of nitrogens with zero attached hydrogens (tertiary/aromatic N) is 1. The van der Waals surface area contributed by atoms with Gasteiger partial charge in [-0.1, -0.05) is 55.9 Å². The first kappa shape index (κ1) is 24.7. The van der Waals surface area contributed by atoms with E-state index in [9.17, 15) is 0 Å². The zero-order chi connectivity index (χ0) is 22.5. The molecule has 0 saturated carbocycles. The van der Waals surface area contributed by atoms with Gasteiger partial charge < -0.3 is 15.4 Å². The maximum absolute atomic E-state index is 6.37. The van der Waals surface area contributed by atoms with Crippen molar-refractivity contribution in [3.63, 3.8) is 0 Å². The number of nitrogens with one attached hydrogen (secondary N) is 2. The predicted molar refractivity (Wildman–Crippen MR) is 134 cm³/mol. The standard InChI is InChI=1S/C27H39N3O/c1-6-10-23-13-12-22(18-26(23)29-16-7-2)19-30-25(9-4)27(14-11-21(5)8-3)31-24-15-17-28-20-24/h7,9-14,16,18,24,28,30H,6,8,15,17,19-20H2,1-5H3/b16-7-,21-11+,23-10+,25-9+,27-14+,29-26+. The van der Waals surface area contributed by atoms with Crippen LogP contribution in [0.3, 0.4) is 0 Å². The molecule has 0 spiro atoms. The van der Waals surface area contributed by atoms with E-state index in [-0.39, 0.29) is 6.10 Å². The molecular formula is C27H39N3O. The molecule has 168 valence electrons. The van der Waals surface area contributed by atoms with Crippen molar-refractivity contribution in [3.05, 3.63) is 83.0 Å². The smallest absolute Gasteiger partial charge is 0.142 e. The van der Waals surface area contributed by atoms with E-state index in [1.165, 1.54) is 16.7 Å². The van der Waals surface area contributed by atoms with Crippen molar-refractivity contribution >= 4 is 5.71 Å². The van der Waals surface area contributed by atoms with Crippen molar-refractivity contribution in [3.8, 4) is 0 Å². The molecule has 1 fully saturated rings. The van der Waals surface area contributed by atoms with Crippen molar-refractivity contribution in [1.82, 2.24) is 10.6 Å². The number of ether oxygens (including phenoxy) is 1. The first-order valence-electron chi connectivity index (χ1n) is 11.5. The van der Waals surface area contributed by atoms with Crippen LogP contribution in [0.4, 0.5) is 0 Å². The third-order valence-electron chi connectivity index (χ3n) is 5.30. The largest absolute Gasteiger partial charge is 0.487 e. The molecule has 0 radical (unpaired) electrons. The molecule has 1 aliphatic heterocycles. The molecule has 1 saturated heterocycles. The minimum Gasteiger partial charge on any atom is -0.487 e. The molecule has 0 aromatic heterocycles. The van der Waals surface area contributed by atoms with Crippen LogP contribution >= 0.6 is 0 Å². The summed E-state index contributed by atoms with van der Waals surface area (Å²) in [5.74, 6) is 0.902. The molecule has 1 heterocycles. The molecule has 4 nitrogen and oxygen atoms in total. The lowest BCUT2D eigenvalue weighted by atomic mass is 9.99. The second-order valence-electron chi connectivity index (χ2n) is 7.80. The lowest BCUT2D eigenvalue weighted by molar-refractivity contribution is 0.137. The summed E-state index contributed by atoms with van der Waals surface area (Å²) in [6.07, 6.45) is 22.1. The van der Waals surface area contributed by atoms with Gasteiger partial charge in [-0.3, -0.25) is 4.99 Å². The molecule has 1 atom stereocenters. The van der Waals surface area contributed by atoms with Crippen molar-refractivity contribution in [2.45, 2.75) is 60.0 Å². The fraction of sp³-hybridized carbons (Fsp3) is 0.444. The van der Waals surface area contributed by atoms with Gasteiger partial charge in [-0.15, -0.1) is 0 Å². The van der Waals surface area contributed by atoms with Crippen molar-refractivity contribution in [2.75, 3.05) is 19.6 Å². The zero-order valence-corrected chi connectivity index (χ0v) is 19.9. The van der Waals surface area contributed by atoms with Crippen LogP contribution in [0.25, 0.3) is 0 Å². The highest BCUT2D eigenvalue weighted by molar-refractivity contribution is 6.12. The van der Waals surface area contributed by atoms with Gasteiger partial charge in [0.2, 0.25) is 0 Å². The monoisotopic (exact) mass is 421 g/mol. The maximum atomic E-state index is 6.37. The van der Waals surface area contributed by atoms with Crippen LogP contribution < -0.4 is 10.6 Å². The Morgan fingerprint density at radius 3 is 2.74 bits per heavy atom. The molecule has 2 rings (SSSR count). The van der Waals surface area contributed by atoms with Crippen LogP contribution in [0, 0.1) is 0 Å². The van der Waals surface area contributed by atoms with E-state index in [2.05, 4.69) is 85.9 Å². The number of aliphatic imine (C=N–C) groups is 1. The van der Waals surface area contributed by atoms with Gasteiger partial charge in [0.05, 0.1) is 11.4 Å². The quantitative estimate of drug-likeness (QED) is 0.341. The fourth-order valence-electron chi connectivity index (χ4n) is 3.32. The van der Waals surface area contributed by atoms with Gasteiger partial charge in [0.25, 0.3) is 0 Å². The molecular weight excluding hydrogens is 382 g/mol. The molecule has 2 aliphatic rings. The third-order valence-corrected chi connectivity index (χ3v) is 5.30. The van der Waals surface area contributed by atoms with E-state index >= 15 is 0 Å². The Bertz CT molecular complexity index is 829. The average Bonchev–Trinajstić information content (AvgIpc) is 3.30. The highest BCUT2D eigenvalue weighted by Crippen LogP contribution is 2.19. The summed E-state index contributed by atoms with van der Waals surface area (Å²) in [5, 5.41) is 6.97. The SMILES string of the molecule is C\C=C/N=C1\C=C(CNC(=C/C)/C(=C\C=C(/C)CC)OC2CCNC2)C=C\C1=C/CC. The van der Waals surface area contributed by atoms with Crippen molar-refractivity contribution in [1.29, 1.82) is 0 Å². The molecule has 1 aliphatic carbocycles. The molecule has 1 unspecified atom stereocenters. The molecule has 0 aromatic carbocycles. The van der Waals surface area contributed by atoms with Gasteiger partial charge in [-0.05, 0) is 69.9 Å². The Kier molecular flexibility index (Phi) is 10.9. The zero-order valence-electron chi connectivity index (χ0n) is 19.9. The van der Waals surface area contributed by atoms with Gasteiger partial charge in [-0.25, -0.2) is 0 Å². The van der Waals surface area contributed by atoms with E-state index in [0.29, 0.717) is 6.54 Å². The van der Waals surface area contributed by atoms with Gasteiger partial charge in [0.15, 0.2) is 0 Å². The van der Waals surface area contributed by atoms with Crippen LogP contribution in [0.5, 0.6) is 0 Å². The van der Waals surface area contributed by atoms with Crippen LogP contribution in [0.1, 0.15) is 53.9 Å². The topological polar surface area (TPSA) is 45.7 Å². The summed E-state index contributed by atoms with van der Waals surface area (Å²) in [4.78, 5) is 4.61. The van der Waals surface area contributed by atoms with E-state index in [1.807, 2.05) is 19.2 Å². The van der Waals surface area contributed by atoms with Gasteiger partial charge in [-0.2, -0.15) is 0 Å². The fourth-order valence-corrected chi connectivity index (χ4v) is 3.32. The highest BCUT2D eigenvalue weighted by Gasteiger charge is 2.19. The normalized spacial score (nSPS) is 23.2. The minimum absolute atomic E-state index is 0.216. The number of allylic oxidation sites excluding steroid dienone is 9. The summed E-state index contributed by atoms with van der Waals surface area (Å²) >= 11 is 0. The van der Waals surface area contributed by atoms with Gasteiger partial charge in [0, 0.05) is 19.3 Å². The molecule has 0 amide bonds. The van der Waals surface area contributed by atoms with Crippen molar-refractivity contribution in [2.24, 2.45) is 4.99 Å². The Morgan fingerprint density at radius 1 is 1.26 bits per heavy atom. The summed E-state index contributed by atoms with van der Waals surface area (Å²) in [7, 11) is 0. The van der Waals surface area contributed by atoms with Crippen LogP contribution in [0.2, 0.25) is 0 Å². The Morgan fingerprint density at radius 2 is 2.10 bits per heavy atom. The summed E-state index contributed by atoms with van der Waals surface area (Å²) < 4.78 is 6.37. The van der Waals surface area contributed by atoms with E-state index in [4.69, 9.17) is 4.74 Å². The number of rotatable bonds is 10. The maximum Gasteiger partial charge on any atom is 0.142 e. The second-order valence-corrected chi connectivity index (χ2v) is 7.80.